The fraction of sp³-hybridized carbons (Fsp3) is 0.529. The van der Waals surface area contributed by atoms with Crippen molar-refractivity contribution in [2.45, 2.75) is 52.3 Å². The van der Waals surface area contributed by atoms with E-state index in [1.165, 1.54) is 0 Å². The van der Waals surface area contributed by atoms with E-state index in [2.05, 4.69) is 5.32 Å². The van der Waals surface area contributed by atoms with Crippen LogP contribution >= 0.6 is 0 Å². The highest BCUT2D eigenvalue weighted by Gasteiger charge is 2.20. The third-order valence-corrected chi connectivity index (χ3v) is 2.93. The number of alkyl carbamates (subject to hydrolysis) is 1. The zero-order valence-corrected chi connectivity index (χ0v) is 14.1. The van der Waals surface area contributed by atoms with Gasteiger partial charge in [-0.15, -0.1) is 0 Å². The molecule has 0 radical (unpaired) electrons. The fourth-order valence-corrected chi connectivity index (χ4v) is 1.92. The maximum Gasteiger partial charge on any atom is 0.407 e. The van der Waals surface area contributed by atoms with Crippen LogP contribution in [-0.4, -0.2) is 35.6 Å². The SMILES string of the molecule is CC(CC(=O)N(C)Cc1ccccc1)NC(=O)OC(C)(C)C. The molecule has 5 nitrogen and oxygen atoms in total. The van der Waals surface area contributed by atoms with Crippen LogP contribution in [0.25, 0.3) is 0 Å². The van der Waals surface area contributed by atoms with Crippen molar-refractivity contribution < 1.29 is 14.3 Å². The van der Waals surface area contributed by atoms with Crippen molar-refractivity contribution in [3.63, 3.8) is 0 Å². The van der Waals surface area contributed by atoms with Crippen molar-refractivity contribution >= 4 is 12.0 Å². The summed E-state index contributed by atoms with van der Waals surface area (Å²) in [5, 5.41) is 2.68. The molecule has 0 aromatic heterocycles. The first-order chi connectivity index (χ1) is 10.2. The number of nitrogens with one attached hydrogen (secondary N) is 1. The molecule has 5 heteroatoms. The molecule has 1 N–H and O–H groups in total. The van der Waals surface area contributed by atoms with Crippen LogP contribution in [0.15, 0.2) is 30.3 Å². The minimum atomic E-state index is -0.544. The van der Waals surface area contributed by atoms with Crippen LogP contribution in [0.3, 0.4) is 0 Å². The maximum absolute atomic E-state index is 12.2. The second-order valence-electron chi connectivity index (χ2n) is 6.49. The lowest BCUT2D eigenvalue weighted by Crippen LogP contribution is -2.40. The zero-order valence-electron chi connectivity index (χ0n) is 14.1. The third kappa shape index (κ3) is 7.11. The Bertz CT molecular complexity index is 494. The van der Waals surface area contributed by atoms with Gasteiger partial charge in [0.1, 0.15) is 5.60 Å². The second kappa shape index (κ2) is 7.82. The fourth-order valence-electron chi connectivity index (χ4n) is 1.92. The predicted octanol–water partition coefficient (Wildman–Crippen LogP) is 2.95. The molecule has 1 rings (SSSR count). The largest absolute Gasteiger partial charge is 0.444 e. The van der Waals surface area contributed by atoms with E-state index in [0.717, 1.165) is 5.56 Å². The molecule has 0 spiro atoms. The molecular weight excluding hydrogens is 280 g/mol. The summed E-state index contributed by atoms with van der Waals surface area (Å²) in [7, 11) is 1.76. The summed E-state index contributed by atoms with van der Waals surface area (Å²) < 4.78 is 5.17. The van der Waals surface area contributed by atoms with Crippen molar-refractivity contribution in [3.05, 3.63) is 35.9 Å². The molecule has 1 aromatic carbocycles. The van der Waals surface area contributed by atoms with Crippen molar-refractivity contribution in [2.75, 3.05) is 7.05 Å². The van der Waals surface area contributed by atoms with Crippen molar-refractivity contribution in [2.24, 2.45) is 0 Å². The van der Waals surface area contributed by atoms with E-state index in [-0.39, 0.29) is 18.4 Å². The van der Waals surface area contributed by atoms with E-state index in [0.29, 0.717) is 6.54 Å². The molecule has 1 aromatic rings. The molecule has 2 amide bonds. The Hall–Kier alpha value is -2.04. The molecule has 22 heavy (non-hydrogen) atoms. The van der Waals surface area contributed by atoms with Gasteiger partial charge in [-0.2, -0.15) is 0 Å². The van der Waals surface area contributed by atoms with Crippen molar-refractivity contribution in [1.29, 1.82) is 0 Å². The summed E-state index contributed by atoms with van der Waals surface area (Å²) >= 11 is 0. The molecule has 0 heterocycles. The quantitative estimate of drug-likeness (QED) is 0.910. The number of nitrogens with zero attached hydrogens (tertiary/aromatic N) is 1. The van der Waals surface area contributed by atoms with Crippen LogP contribution in [0, 0.1) is 0 Å². The molecule has 0 bridgehead atoms. The molecule has 0 saturated carbocycles. The van der Waals surface area contributed by atoms with E-state index >= 15 is 0 Å². The first-order valence-corrected chi connectivity index (χ1v) is 7.45. The van der Waals surface area contributed by atoms with Gasteiger partial charge in [-0.05, 0) is 33.3 Å². The lowest BCUT2D eigenvalue weighted by atomic mass is 10.2. The van der Waals surface area contributed by atoms with Gasteiger partial charge in [-0.25, -0.2) is 4.79 Å². The molecule has 0 saturated heterocycles. The number of rotatable bonds is 5. The lowest BCUT2D eigenvalue weighted by Gasteiger charge is -2.23. The highest BCUT2D eigenvalue weighted by Crippen LogP contribution is 2.08. The van der Waals surface area contributed by atoms with Crippen LogP contribution in [0.5, 0.6) is 0 Å². The monoisotopic (exact) mass is 306 g/mol. The predicted molar refractivity (Wildman–Crippen MR) is 86.4 cm³/mol. The molecule has 0 aliphatic rings. The standard InChI is InChI=1S/C17H26N2O3/c1-13(18-16(21)22-17(2,3)4)11-15(20)19(5)12-14-9-7-6-8-10-14/h6-10,13H,11-12H2,1-5H3,(H,18,21). The number of hydrogen-bond donors (Lipinski definition) is 1. The van der Waals surface area contributed by atoms with Crippen LogP contribution in [0.2, 0.25) is 0 Å². The number of benzene rings is 1. The van der Waals surface area contributed by atoms with Gasteiger partial charge in [0.15, 0.2) is 0 Å². The van der Waals surface area contributed by atoms with Gasteiger partial charge in [0.25, 0.3) is 0 Å². The van der Waals surface area contributed by atoms with Gasteiger partial charge in [0.2, 0.25) is 5.91 Å². The Kier molecular flexibility index (Phi) is 6.40. The maximum atomic E-state index is 12.2. The first kappa shape index (κ1) is 18.0. The normalized spacial score (nSPS) is 12.4. The van der Waals surface area contributed by atoms with Gasteiger partial charge in [-0.3, -0.25) is 4.79 Å². The molecular formula is C17H26N2O3. The Morgan fingerprint density at radius 3 is 2.36 bits per heavy atom. The van der Waals surface area contributed by atoms with Gasteiger partial charge in [0, 0.05) is 26.1 Å². The summed E-state index contributed by atoms with van der Waals surface area (Å²) in [6.07, 6.45) is -0.263. The minimum Gasteiger partial charge on any atom is -0.444 e. The highest BCUT2D eigenvalue weighted by molar-refractivity contribution is 5.77. The first-order valence-electron chi connectivity index (χ1n) is 7.45. The Labute approximate surface area is 132 Å². The molecule has 0 fully saturated rings. The smallest absolute Gasteiger partial charge is 0.407 e. The molecule has 0 aliphatic carbocycles. The average Bonchev–Trinajstić information content (AvgIpc) is 2.36. The van der Waals surface area contributed by atoms with E-state index in [4.69, 9.17) is 4.74 Å². The topological polar surface area (TPSA) is 58.6 Å². The minimum absolute atomic E-state index is 0.0209. The number of amides is 2. The summed E-state index contributed by atoms with van der Waals surface area (Å²) in [6.45, 7) is 7.75. The Morgan fingerprint density at radius 2 is 1.82 bits per heavy atom. The molecule has 1 unspecified atom stereocenters. The van der Waals surface area contributed by atoms with Crippen molar-refractivity contribution in [3.8, 4) is 0 Å². The van der Waals surface area contributed by atoms with E-state index in [1.807, 2.05) is 30.3 Å². The van der Waals surface area contributed by atoms with Crippen LogP contribution in [-0.2, 0) is 16.1 Å². The Balaban J connectivity index is 2.41. The molecule has 0 aliphatic heterocycles. The van der Waals surface area contributed by atoms with E-state index in [1.54, 1.807) is 39.6 Å². The molecule has 122 valence electrons. The summed E-state index contributed by atoms with van der Waals surface area (Å²) in [5.41, 5.74) is 0.531. The average molecular weight is 306 g/mol. The number of carbonyl (C=O) groups is 2. The van der Waals surface area contributed by atoms with Gasteiger partial charge < -0.3 is 15.0 Å². The van der Waals surface area contributed by atoms with Gasteiger partial charge in [0.05, 0.1) is 0 Å². The van der Waals surface area contributed by atoms with Crippen LogP contribution in [0.1, 0.15) is 39.7 Å². The van der Waals surface area contributed by atoms with Gasteiger partial charge in [-0.1, -0.05) is 30.3 Å². The summed E-state index contributed by atoms with van der Waals surface area (Å²) in [6, 6.07) is 9.51. The highest BCUT2D eigenvalue weighted by atomic mass is 16.6. The lowest BCUT2D eigenvalue weighted by molar-refractivity contribution is -0.130. The summed E-state index contributed by atoms with van der Waals surface area (Å²) in [4.78, 5) is 25.5. The number of carbonyl (C=O) groups excluding carboxylic acids is 2. The summed E-state index contributed by atoms with van der Waals surface area (Å²) in [5.74, 6) is -0.0209. The third-order valence-electron chi connectivity index (χ3n) is 2.93. The number of ether oxygens (including phenoxy) is 1. The van der Waals surface area contributed by atoms with E-state index < -0.39 is 11.7 Å². The zero-order chi connectivity index (χ0) is 16.8. The van der Waals surface area contributed by atoms with Gasteiger partial charge >= 0.3 is 6.09 Å². The number of hydrogen-bond acceptors (Lipinski definition) is 3. The Morgan fingerprint density at radius 1 is 1.23 bits per heavy atom. The van der Waals surface area contributed by atoms with Crippen LogP contribution < -0.4 is 5.32 Å². The van der Waals surface area contributed by atoms with Crippen LogP contribution in [0.4, 0.5) is 4.79 Å². The second-order valence-corrected chi connectivity index (χ2v) is 6.49. The molecule has 1 atom stereocenters. The van der Waals surface area contributed by atoms with Crippen molar-refractivity contribution in [1.82, 2.24) is 10.2 Å². The van der Waals surface area contributed by atoms with E-state index in [9.17, 15) is 9.59 Å².